The molecule has 1 aliphatic carbocycles. The minimum absolute atomic E-state index is 0.0801. The highest BCUT2D eigenvalue weighted by Crippen LogP contribution is 2.26. The number of fused-ring (bicyclic) bond motifs is 1. The first kappa shape index (κ1) is 18.1. The smallest absolute Gasteiger partial charge is 0.272 e. The number of piperazine rings is 1. The van der Waals surface area contributed by atoms with Gasteiger partial charge in [0.15, 0.2) is 0 Å². The Labute approximate surface area is 171 Å². The Bertz CT molecular complexity index is 993. The minimum atomic E-state index is 0.0801. The maximum atomic E-state index is 13.1. The van der Waals surface area contributed by atoms with Gasteiger partial charge in [-0.15, -0.1) is 0 Å². The zero-order valence-corrected chi connectivity index (χ0v) is 16.8. The largest absolute Gasteiger partial charge is 0.335 e. The quantitative estimate of drug-likeness (QED) is 0.695. The van der Waals surface area contributed by atoms with Crippen LogP contribution in [0.25, 0.3) is 11.3 Å². The number of aryl methyl sites for hydroxylation is 1. The molecular formula is C24H26N4O. The van der Waals surface area contributed by atoms with Crippen LogP contribution in [0.3, 0.4) is 0 Å². The van der Waals surface area contributed by atoms with E-state index in [0.717, 1.165) is 50.3 Å². The summed E-state index contributed by atoms with van der Waals surface area (Å²) >= 11 is 0. The lowest BCUT2D eigenvalue weighted by Crippen LogP contribution is -2.52. The van der Waals surface area contributed by atoms with Crippen LogP contribution in [0.15, 0.2) is 60.7 Å². The number of nitrogens with zero attached hydrogens (tertiary/aromatic N) is 4. The summed E-state index contributed by atoms with van der Waals surface area (Å²) in [6, 6.07) is 21.3. The Kier molecular flexibility index (Phi) is 4.68. The molecule has 1 fully saturated rings. The minimum Gasteiger partial charge on any atom is -0.335 e. The fraction of sp³-hybridized carbons (Fsp3) is 0.333. The van der Waals surface area contributed by atoms with Crippen LogP contribution in [0.1, 0.15) is 21.6 Å². The Morgan fingerprint density at radius 1 is 0.897 bits per heavy atom. The van der Waals surface area contributed by atoms with Gasteiger partial charge in [0.05, 0.1) is 5.69 Å². The fourth-order valence-corrected chi connectivity index (χ4v) is 4.66. The van der Waals surface area contributed by atoms with Gasteiger partial charge in [-0.05, 0) is 30.0 Å². The number of rotatable bonds is 3. The zero-order chi connectivity index (χ0) is 19.8. The van der Waals surface area contributed by atoms with Crippen molar-refractivity contribution in [2.45, 2.75) is 18.9 Å². The molecule has 0 radical (unpaired) electrons. The van der Waals surface area contributed by atoms with E-state index in [0.29, 0.717) is 11.7 Å². The molecule has 0 spiro atoms. The molecule has 5 nitrogen and oxygen atoms in total. The Balaban J connectivity index is 1.24. The SMILES string of the molecule is Cn1nc(-c2ccccc2)cc1C(=O)N1CCN(C2Cc3ccccc3C2)CC1. The van der Waals surface area contributed by atoms with E-state index in [2.05, 4.69) is 34.3 Å². The maximum Gasteiger partial charge on any atom is 0.272 e. The molecule has 1 aromatic heterocycles. The number of hydrogen-bond donors (Lipinski definition) is 0. The lowest BCUT2D eigenvalue weighted by molar-refractivity contribution is 0.0566. The van der Waals surface area contributed by atoms with Crippen molar-refractivity contribution in [1.29, 1.82) is 0 Å². The van der Waals surface area contributed by atoms with Crippen LogP contribution < -0.4 is 0 Å². The van der Waals surface area contributed by atoms with E-state index in [-0.39, 0.29) is 5.91 Å². The Morgan fingerprint density at radius 3 is 2.17 bits per heavy atom. The molecule has 5 heteroatoms. The number of aromatic nitrogens is 2. The molecule has 0 unspecified atom stereocenters. The number of benzene rings is 2. The molecular weight excluding hydrogens is 360 g/mol. The Morgan fingerprint density at radius 2 is 1.52 bits per heavy atom. The first-order valence-corrected chi connectivity index (χ1v) is 10.4. The summed E-state index contributed by atoms with van der Waals surface area (Å²) in [5, 5.41) is 4.56. The van der Waals surface area contributed by atoms with Crippen molar-refractivity contribution < 1.29 is 4.79 Å². The van der Waals surface area contributed by atoms with Gasteiger partial charge in [-0.2, -0.15) is 5.10 Å². The van der Waals surface area contributed by atoms with Crippen molar-refractivity contribution >= 4 is 5.91 Å². The van der Waals surface area contributed by atoms with Crippen LogP contribution in [0.4, 0.5) is 0 Å². The van der Waals surface area contributed by atoms with E-state index in [1.807, 2.05) is 48.3 Å². The molecule has 1 saturated heterocycles. The van der Waals surface area contributed by atoms with Gasteiger partial charge in [0, 0.05) is 44.8 Å². The van der Waals surface area contributed by atoms with Crippen LogP contribution in [0.2, 0.25) is 0 Å². The summed E-state index contributed by atoms with van der Waals surface area (Å²) < 4.78 is 1.71. The molecule has 0 saturated carbocycles. The highest BCUT2D eigenvalue weighted by Gasteiger charge is 2.31. The van der Waals surface area contributed by atoms with Gasteiger partial charge in [-0.25, -0.2) is 0 Å². The molecule has 1 amide bonds. The predicted molar refractivity (Wildman–Crippen MR) is 114 cm³/mol. The molecule has 1 aliphatic heterocycles. The van der Waals surface area contributed by atoms with Crippen molar-refractivity contribution in [3.05, 3.63) is 77.5 Å². The lowest BCUT2D eigenvalue weighted by atomic mass is 10.1. The molecule has 0 atom stereocenters. The first-order chi connectivity index (χ1) is 14.2. The monoisotopic (exact) mass is 386 g/mol. The van der Waals surface area contributed by atoms with Gasteiger partial charge in [0.25, 0.3) is 5.91 Å². The fourth-order valence-electron chi connectivity index (χ4n) is 4.66. The number of amides is 1. The van der Waals surface area contributed by atoms with Gasteiger partial charge in [-0.3, -0.25) is 14.4 Å². The van der Waals surface area contributed by atoms with Gasteiger partial charge in [-0.1, -0.05) is 54.6 Å². The van der Waals surface area contributed by atoms with Crippen molar-refractivity contribution in [2.75, 3.05) is 26.2 Å². The van der Waals surface area contributed by atoms with E-state index in [1.54, 1.807) is 4.68 Å². The highest BCUT2D eigenvalue weighted by molar-refractivity contribution is 5.93. The molecule has 148 valence electrons. The zero-order valence-electron chi connectivity index (χ0n) is 16.8. The van der Waals surface area contributed by atoms with Crippen molar-refractivity contribution in [1.82, 2.24) is 19.6 Å². The molecule has 2 aromatic carbocycles. The molecule has 2 heterocycles. The van der Waals surface area contributed by atoms with Crippen molar-refractivity contribution in [3.63, 3.8) is 0 Å². The summed E-state index contributed by atoms with van der Waals surface area (Å²) in [6.07, 6.45) is 2.26. The number of carbonyl (C=O) groups is 1. The summed E-state index contributed by atoms with van der Waals surface area (Å²) in [6.45, 7) is 3.43. The van der Waals surface area contributed by atoms with Crippen LogP contribution >= 0.6 is 0 Å². The van der Waals surface area contributed by atoms with Crippen molar-refractivity contribution in [3.8, 4) is 11.3 Å². The van der Waals surface area contributed by atoms with Gasteiger partial charge in [0.2, 0.25) is 0 Å². The van der Waals surface area contributed by atoms with E-state index >= 15 is 0 Å². The average molecular weight is 386 g/mol. The third kappa shape index (κ3) is 3.47. The summed E-state index contributed by atoms with van der Waals surface area (Å²) in [5.74, 6) is 0.0801. The third-order valence-corrected chi connectivity index (χ3v) is 6.32. The normalized spacial score (nSPS) is 17.5. The molecule has 29 heavy (non-hydrogen) atoms. The summed E-state index contributed by atoms with van der Waals surface area (Å²) in [5.41, 5.74) is 5.51. The second kappa shape index (κ2) is 7.48. The average Bonchev–Trinajstić information content (AvgIpc) is 3.38. The van der Waals surface area contributed by atoms with Crippen LogP contribution in [-0.4, -0.2) is 57.7 Å². The maximum absolute atomic E-state index is 13.1. The van der Waals surface area contributed by atoms with E-state index in [9.17, 15) is 4.79 Å². The second-order valence-electron chi connectivity index (χ2n) is 8.06. The molecule has 3 aromatic rings. The standard InChI is InChI=1S/C24H26N4O/c1-26-23(17-22(25-26)18-7-3-2-4-8-18)24(29)28-13-11-27(12-14-28)21-15-19-9-5-6-10-20(19)16-21/h2-10,17,21H,11-16H2,1H3. The van der Waals surface area contributed by atoms with Crippen LogP contribution in [0, 0.1) is 0 Å². The first-order valence-electron chi connectivity index (χ1n) is 10.4. The van der Waals surface area contributed by atoms with E-state index in [4.69, 9.17) is 0 Å². The highest BCUT2D eigenvalue weighted by atomic mass is 16.2. The van der Waals surface area contributed by atoms with Gasteiger partial charge in [0.1, 0.15) is 5.69 Å². The summed E-state index contributed by atoms with van der Waals surface area (Å²) in [7, 11) is 1.85. The molecule has 0 N–H and O–H groups in total. The Hall–Kier alpha value is -2.92. The predicted octanol–water partition coefficient (Wildman–Crippen LogP) is 3.01. The topological polar surface area (TPSA) is 41.4 Å². The lowest BCUT2D eigenvalue weighted by Gasteiger charge is -2.38. The number of carbonyl (C=O) groups excluding carboxylic acids is 1. The van der Waals surface area contributed by atoms with E-state index in [1.165, 1.54) is 11.1 Å². The van der Waals surface area contributed by atoms with Gasteiger partial charge >= 0.3 is 0 Å². The van der Waals surface area contributed by atoms with Crippen LogP contribution in [0.5, 0.6) is 0 Å². The van der Waals surface area contributed by atoms with E-state index < -0.39 is 0 Å². The van der Waals surface area contributed by atoms with Gasteiger partial charge < -0.3 is 4.90 Å². The molecule has 0 bridgehead atoms. The van der Waals surface area contributed by atoms with Crippen molar-refractivity contribution in [2.24, 2.45) is 7.05 Å². The number of hydrogen-bond acceptors (Lipinski definition) is 3. The molecule has 2 aliphatic rings. The summed E-state index contributed by atoms with van der Waals surface area (Å²) in [4.78, 5) is 17.7. The second-order valence-corrected chi connectivity index (χ2v) is 8.06. The molecule has 5 rings (SSSR count). The van der Waals surface area contributed by atoms with Crippen LogP contribution in [-0.2, 0) is 19.9 Å². The third-order valence-electron chi connectivity index (χ3n) is 6.32.